The number of nitrogens with zero attached hydrogens (tertiary/aromatic N) is 13. The molecule has 10 aromatic rings. The summed E-state index contributed by atoms with van der Waals surface area (Å²) in [7, 11) is 3.95. The summed E-state index contributed by atoms with van der Waals surface area (Å²) in [5.41, 5.74) is 19.8. The number of aryl methyl sites for hydroxylation is 10. The summed E-state index contributed by atoms with van der Waals surface area (Å²) in [5.74, 6) is 2.63. The molecule has 20 rings (SSSR count). The van der Waals surface area contributed by atoms with E-state index in [1.165, 1.54) is 52.3 Å². The van der Waals surface area contributed by atoms with Crippen LogP contribution in [0.5, 0.6) is 0 Å². The average Bonchev–Trinajstić information content (AvgIpc) is 1.54. The molecule has 4 atom stereocenters. The molecular formula is C109H125Br4Cl4N13O10+6. The summed E-state index contributed by atoms with van der Waals surface area (Å²) in [6.45, 7) is 13.3. The van der Waals surface area contributed by atoms with E-state index in [2.05, 4.69) is 117 Å². The van der Waals surface area contributed by atoms with Gasteiger partial charge in [0.1, 0.15) is 20.1 Å². The summed E-state index contributed by atoms with van der Waals surface area (Å²) in [4.78, 5) is 89.5. The molecule has 6 aromatic heterocycles. The van der Waals surface area contributed by atoms with Crippen molar-refractivity contribution in [1.82, 2.24) is 34.3 Å². The van der Waals surface area contributed by atoms with Crippen molar-refractivity contribution in [3.05, 3.63) is 310 Å². The van der Waals surface area contributed by atoms with Crippen molar-refractivity contribution < 1.29 is 77.7 Å². The standard InChI is InChI=1S/C28H34BrClN3O3.C27H33BrClN4O3.2C27H29BrClN3O2/c1-18(34)31-11-7-19(8-12-31)15-25(35)32-13-9-21(10-14-32)27-26-20(3-2-4-24(26)30)5-6-22-16-23(29)17-33(36)28(22)27;1-18(34)30-9-7-19(8-10-30)15-24(35)31-11-13-32(14-12-31)27-25-20(3-2-4-23(25)29)5-6-21-16-22(28)17-33(36)26(21)27;1-30-11-6-18(7-12-30)15-24(33)31-13-8-19(9-14-31)26-25-21(16-22(29)17-23(25)28)5-4-20-3-2-10-32(34)27(20)26;1-30-11-7-18(8-12-30)15-24(33)31-13-9-20(10-14-31)26-25-19(3-2-4-23(25)29)5-6-21-16-22(28)17-32(34)27(21)26/h2-4,16-17,19,21,27,36H,5-15H2,1H3;2-4,16-17,19,27,36H,5-15H2,1H3;2-3,6-7,10-12,16-17,19,26,34H,4-5,8-9,13-15H2,1H3;2-4,7-8,11-12,16-17,20,26,34H,5-6,9-10,13-15H2,1H3/q2*+1;2*+2/t2*27-;2*26-/m1111/s1. The van der Waals surface area contributed by atoms with Crippen molar-refractivity contribution in [2.45, 2.75) is 179 Å². The number of piperazine rings is 1. The lowest BCUT2D eigenvalue weighted by atomic mass is 9.76. The maximum atomic E-state index is 13.1. The van der Waals surface area contributed by atoms with Crippen LogP contribution >= 0.6 is 110 Å². The van der Waals surface area contributed by atoms with Gasteiger partial charge in [-0.3, -0.25) is 54.5 Å². The third-order valence-corrected chi connectivity index (χ3v) is 34.3. The number of hydrogen-bond acceptors (Lipinski definition) is 11. The number of amides is 6. The molecule has 10 aliphatic rings. The predicted molar refractivity (Wildman–Crippen MR) is 547 cm³/mol. The molecule has 736 valence electrons. The second kappa shape index (κ2) is 45.8. The van der Waals surface area contributed by atoms with E-state index in [1.807, 2.05) is 150 Å². The normalized spacial score (nSPS) is 19.7. The van der Waals surface area contributed by atoms with Crippen LogP contribution in [0, 0.1) is 29.6 Å². The summed E-state index contributed by atoms with van der Waals surface area (Å²) >= 11 is 41.2. The first-order valence-electron chi connectivity index (χ1n) is 49.5. The quantitative estimate of drug-likeness (QED) is 0.0664. The molecule has 4 aliphatic carbocycles. The Morgan fingerprint density at radius 3 is 1.08 bits per heavy atom. The van der Waals surface area contributed by atoms with Crippen LogP contribution in [0.4, 0.5) is 0 Å². The molecule has 6 fully saturated rings. The first-order chi connectivity index (χ1) is 67.4. The molecule has 0 radical (unpaired) electrons. The van der Waals surface area contributed by atoms with Crippen molar-refractivity contribution in [3.63, 3.8) is 0 Å². The number of halogens is 8. The Balaban J connectivity index is 0.000000129. The Morgan fingerprint density at radius 1 is 0.336 bits per heavy atom. The highest BCUT2D eigenvalue weighted by Crippen LogP contribution is 2.50. The summed E-state index contributed by atoms with van der Waals surface area (Å²) in [6.07, 6.45) is 32.5. The van der Waals surface area contributed by atoms with Crippen molar-refractivity contribution in [2.24, 2.45) is 43.7 Å². The van der Waals surface area contributed by atoms with Gasteiger partial charge < -0.3 is 29.4 Å². The van der Waals surface area contributed by atoms with Gasteiger partial charge in [-0.05, 0) is 298 Å². The van der Waals surface area contributed by atoms with Crippen LogP contribution in [0.2, 0.25) is 20.1 Å². The maximum absolute atomic E-state index is 13.1. The fourth-order valence-electron chi connectivity index (χ4n) is 23.7. The zero-order valence-electron chi connectivity index (χ0n) is 79.9. The summed E-state index contributed by atoms with van der Waals surface area (Å²) in [6, 6.07) is 40.5. The Hall–Kier alpha value is -9.16. The maximum Gasteiger partial charge on any atom is 0.258 e. The lowest BCUT2D eigenvalue weighted by molar-refractivity contribution is -0.911. The average molecular weight is 2240 g/mol. The lowest BCUT2D eigenvalue weighted by Gasteiger charge is -2.39. The monoisotopic (exact) mass is 2230 g/mol. The van der Waals surface area contributed by atoms with E-state index >= 15 is 0 Å². The van der Waals surface area contributed by atoms with Gasteiger partial charge in [-0.15, -0.1) is 0 Å². The minimum atomic E-state index is -0.183. The number of pyridine rings is 6. The molecule has 6 amide bonds. The van der Waals surface area contributed by atoms with Gasteiger partial charge in [0.15, 0.2) is 24.8 Å². The second-order valence-corrected chi connectivity index (χ2v) is 45.0. The number of carbonyl (C=O) groups is 6. The highest BCUT2D eigenvalue weighted by atomic mass is 79.9. The van der Waals surface area contributed by atoms with Crippen molar-refractivity contribution in [2.75, 3.05) is 91.6 Å². The molecule has 4 N–H and O–H groups in total. The minimum absolute atomic E-state index is 0.00863. The van der Waals surface area contributed by atoms with E-state index in [1.54, 1.807) is 38.6 Å². The predicted octanol–water partition coefficient (Wildman–Crippen LogP) is 16.7. The van der Waals surface area contributed by atoms with E-state index in [9.17, 15) is 49.6 Å². The van der Waals surface area contributed by atoms with Gasteiger partial charge in [0, 0.05) is 220 Å². The fraction of sp³-hybridized carbons (Fsp3) is 0.450. The molecule has 140 heavy (non-hydrogen) atoms. The van der Waals surface area contributed by atoms with Gasteiger partial charge in [0.2, 0.25) is 77.3 Å². The van der Waals surface area contributed by atoms with E-state index in [-0.39, 0.29) is 71.1 Å². The van der Waals surface area contributed by atoms with Crippen molar-refractivity contribution >= 4 is 146 Å². The smallest absolute Gasteiger partial charge is 0.258 e. The molecule has 0 bridgehead atoms. The van der Waals surface area contributed by atoms with E-state index < -0.39 is 0 Å². The first kappa shape index (κ1) is 102. The van der Waals surface area contributed by atoms with Crippen LogP contribution in [-0.4, -0.2) is 182 Å². The molecule has 0 saturated carbocycles. The number of piperidine rings is 5. The van der Waals surface area contributed by atoms with Gasteiger partial charge in [0.25, 0.3) is 5.69 Å². The Kier molecular flexibility index (Phi) is 33.5. The summed E-state index contributed by atoms with van der Waals surface area (Å²) in [5, 5.41) is 46.8. The van der Waals surface area contributed by atoms with Crippen molar-refractivity contribution in [3.8, 4) is 0 Å². The number of rotatable bonds is 12. The highest BCUT2D eigenvalue weighted by Gasteiger charge is 2.48. The molecule has 6 aliphatic heterocycles. The highest BCUT2D eigenvalue weighted by molar-refractivity contribution is 9.11. The zero-order chi connectivity index (χ0) is 98.4. The number of aromatic nitrogens is 6. The van der Waals surface area contributed by atoms with Crippen LogP contribution < -0.4 is 28.1 Å². The molecule has 31 heteroatoms. The van der Waals surface area contributed by atoms with Crippen LogP contribution in [-0.2, 0) is 107 Å². The van der Waals surface area contributed by atoms with Gasteiger partial charge in [-0.2, -0.15) is 0 Å². The molecule has 0 unspecified atom stereocenters. The van der Waals surface area contributed by atoms with Crippen LogP contribution in [0.1, 0.15) is 215 Å². The molecule has 23 nitrogen and oxygen atoms in total. The Labute approximate surface area is 874 Å². The van der Waals surface area contributed by atoms with Crippen LogP contribution in [0.25, 0.3) is 0 Å². The van der Waals surface area contributed by atoms with Gasteiger partial charge >= 0.3 is 0 Å². The molecule has 4 aromatic carbocycles. The van der Waals surface area contributed by atoms with Crippen molar-refractivity contribution in [1.29, 1.82) is 0 Å². The number of likely N-dealkylation sites (tertiary alicyclic amines) is 5. The van der Waals surface area contributed by atoms with Gasteiger partial charge in [-0.1, -0.05) is 98.7 Å². The van der Waals surface area contributed by atoms with Crippen LogP contribution in [0.3, 0.4) is 0 Å². The zero-order valence-corrected chi connectivity index (χ0v) is 89.3. The molecular weight excluding hydrogens is 2110 g/mol. The topological polar surface area (TPSA) is 229 Å². The number of benzene rings is 4. The number of fused-ring (bicyclic) bond motifs is 8. The van der Waals surface area contributed by atoms with E-state index in [4.69, 9.17) is 46.4 Å². The lowest BCUT2D eigenvalue weighted by Crippen LogP contribution is -2.52. The SMILES string of the molecule is CC(=O)N1CCC(CC(=O)N2CCC([C@@H]3c4c(Cl)cccc4CCc4cc(Br)c[n+](O)c43)CC2)CC1.CC(=O)N1CCC(CC(=O)N2CCN([C@@H]3c4c(Cl)cccc4CCc4cc(Br)c[n+](O)c43)CC2)CC1.C[n+]1ccc(CC(=O)N2CCC([C@@H]3c4c(Br)cc(Cl)cc4CCc4ccc[n+](O)c43)CC2)cc1.C[n+]1ccc(CC(=O)N2CCC([C@@H]3c4c(Cl)cccc4CCc4cc(Br)c[n+](O)c43)CC2)cc1. The Bertz CT molecular complexity index is 5880. The van der Waals surface area contributed by atoms with Gasteiger partial charge in [0.05, 0.1) is 44.0 Å². The molecule has 12 heterocycles. The Morgan fingerprint density at radius 2 is 0.664 bits per heavy atom. The first-order valence-corrected chi connectivity index (χ1v) is 54.2. The number of hydrogen-bond donors (Lipinski definition) is 4. The molecule has 6 saturated heterocycles. The van der Waals surface area contributed by atoms with E-state index in [0.29, 0.717) is 74.6 Å². The fourth-order valence-corrected chi connectivity index (χ4v) is 27.1. The number of carbonyl (C=O) groups excluding carboxylic acids is 6. The van der Waals surface area contributed by atoms with Crippen LogP contribution in [0.15, 0.2) is 189 Å². The van der Waals surface area contributed by atoms with E-state index in [0.717, 1.165) is 281 Å². The minimum Gasteiger partial charge on any atom is -0.343 e. The van der Waals surface area contributed by atoms with Gasteiger partial charge in [-0.25, -0.2) is 9.13 Å². The molecule has 0 spiro atoms. The third kappa shape index (κ3) is 23.6. The second-order valence-electron chi connectivity index (χ2n) is 39.7. The summed E-state index contributed by atoms with van der Waals surface area (Å²) < 4.78 is 12.6. The third-order valence-electron chi connectivity index (χ3n) is 31.1. The largest absolute Gasteiger partial charge is 0.343 e.